The topological polar surface area (TPSA) is 45.6 Å². The van der Waals surface area contributed by atoms with Crippen molar-refractivity contribution in [1.82, 2.24) is 14.4 Å². The highest BCUT2D eigenvalue weighted by atomic mass is 19.1. The van der Waals surface area contributed by atoms with Gasteiger partial charge in [-0.2, -0.15) is 0 Å². The van der Waals surface area contributed by atoms with Gasteiger partial charge in [-0.3, -0.25) is 9.59 Å². The third-order valence-corrected chi connectivity index (χ3v) is 5.50. The number of rotatable bonds is 5. The van der Waals surface area contributed by atoms with E-state index in [0.29, 0.717) is 25.2 Å². The van der Waals surface area contributed by atoms with E-state index >= 15 is 0 Å². The summed E-state index contributed by atoms with van der Waals surface area (Å²) < 4.78 is 16.6. The summed E-state index contributed by atoms with van der Waals surface area (Å²) >= 11 is 0. The van der Waals surface area contributed by atoms with E-state index in [2.05, 4.69) is 4.57 Å². The fourth-order valence-corrected chi connectivity index (χ4v) is 3.86. The Morgan fingerprint density at radius 1 is 1.15 bits per heavy atom. The zero-order chi connectivity index (χ0) is 19.0. The van der Waals surface area contributed by atoms with Gasteiger partial charge in [-0.15, -0.1) is 0 Å². The number of nitrogens with zero attached hydrogens (tertiary/aromatic N) is 3. The minimum Gasteiger partial charge on any atom is -0.348 e. The standard InChI is InChI=1S/C21H24FN3O2/c1-2-23(21(27)15-9-10-15)14-19(26)25-13-12-24-11-5-8-18(24)20(25)16-6-3-4-7-17(16)22/h3-8,11,15,20H,2,9-10,12-14H2,1H3/t20-/m0/s1. The van der Waals surface area contributed by atoms with Crippen molar-refractivity contribution in [1.29, 1.82) is 0 Å². The number of amides is 2. The van der Waals surface area contributed by atoms with E-state index in [1.54, 1.807) is 28.0 Å². The first-order chi connectivity index (χ1) is 13.1. The lowest BCUT2D eigenvalue weighted by molar-refractivity contribution is -0.142. The Hall–Kier alpha value is -2.63. The van der Waals surface area contributed by atoms with Crippen LogP contribution in [0.1, 0.15) is 37.1 Å². The van der Waals surface area contributed by atoms with Crippen LogP contribution in [0, 0.1) is 11.7 Å². The molecule has 27 heavy (non-hydrogen) atoms. The van der Waals surface area contributed by atoms with E-state index in [-0.39, 0.29) is 30.1 Å². The number of benzene rings is 1. The Labute approximate surface area is 158 Å². The van der Waals surface area contributed by atoms with Crippen molar-refractivity contribution in [2.45, 2.75) is 32.4 Å². The minimum atomic E-state index is -0.475. The number of hydrogen-bond donors (Lipinski definition) is 0. The molecule has 0 spiro atoms. The summed E-state index contributed by atoms with van der Waals surface area (Å²) in [7, 11) is 0. The Morgan fingerprint density at radius 3 is 2.63 bits per heavy atom. The predicted octanol–water partition coefficient (Wildman–Crippen LogP) is 2.82. The second-order valence-electron chi connectivity index (χ2n) is 7.26. The van der Waals surface area contributed by atoms with Crippen molar-refractivity contribution < 1.29 is 14.0 Å². The van der Waals surface area contributed by atoms with Crippen LogP contribution >= 0.6 is 0 Å². The molecule has 2 heterocycles. The third-order valence-electron chi connectivity index (χ3n) is 5.50. The summed E-state index contributed by atoms with van der Waals surface area (Å²) in [5, 5.41) is 0. The van der Waals surface area contributed by atoms with Crippen LogP contribution in [0.5, 0.6) is 0 Å². The van der Waals surface area contributed by atoms with Crippen molar-refractivity contribution in [2.75, 3.05) is 19.6 Å². The number of likely N-dealkylation sites (N-methyl/N-ethyl adjacent to an activating group) is 1. The monoisotopic (exact) mass is 369 g/mol. The zero-order valence-electron chi connectivity index (χ0n) is 15.5. The first kappa shape index (κ1) is 17.8. The molecule has 1 aliphatic heterocycles. The summed E-state index contributed by atoms with van der Waals surface area (Å²) in [5.74, 6) is -0.310. The zero-order valence-corrected chi connectivity index (χ0v) is 15.5. The van der Waals surface area contributed by atoms with Gasteiger partial charge in [0.05, 0.1) is 6.54 Å². The molecule has 0 bridgehead atoms. The summed E-state index contributed by atoms with van der Waals surface area (Å²) in [6, 6.07) is 9.98. The van der Waals surface area contributed by atoms with E-state index < -0.39 is 6.04 Å². The molecule has 2 aliphatic rings. The molecular weight excluding hydrogens is 345 g/mol. The average molecular weight is 369 g/mol. The van der Waals surface area contributed by atoms with Crippen LogP contribution in [-0.4, -0.2) is 45.8 Å². The van der Waals surface area contributed by atoms with Crippen LogP contribution in [0.3, 0.4) is 0 Å². The molecule has 0 saturated heterocycles. The molecule has 1 fully saturated rings. The van der Waals surface area contributed by atoms with Gasteiger partial charge in [0.1, 0.15) is 11.9 Å². The van der Waals surface area contributed by atoms with E-state index in [0.717, 1.165) is 18.5 Å². The number of hydrogen-bond acceptors (Lipinski definition) is 2. The van der Waals surface area contributed by atoms with E-state index in [4.69, 9.17) is 0 Å². The molecule has 4 rings (SSSR count). The fourth-order valence-electron chi connectivity index (χ4n) is 3.86. The average Bonchev–Trinajstić information content (AvgIpc) is 3.42. The second-order valence-corrected chi connectivity index (χ2v) is 7.26. The lowest BCUT2D eigenvalue weighted by Crippen LogP contribution is -2.48. The van der Waals surface area contributed by atoms with Crippen molar-refractivity contribution in [3.63, 3.8) is 0 Å². The summed E-state index contributed by atoms with van der Waals surface area (Å²) in [6.45, 7) is 3.62. The highest BCUT2D eigenvalue weighted by molar-refractivity contribution is 5.87. The maximum Gasteiger partial charge on any atom is 0.243 e. The largest absolute Gasteiger partial charge is 0.348 e. The molecule has 1 atom stereocenters. The van der Waals surface area contributed by atoms with Crippen molar-refractivity contribution in [3.8, 4) is 0 Å². The van der Waals surface area contributed by atoms with Crippen LogP contribution in [-0.2, 0) is 16.1 Å². The highest BCUT2D eigenvalue weighted by Gasteiger charge is 2.37. The minimum absolute atomic E-state index is 0.0531. The van der Waals surface area contributed by atoms with Gasteiger partial charge in [-0.1, -0.05) is 18.2 Å². The van der Waals surface area contributed by atoms with Gasteiger partial charge in [0.15, 0.2) is 0 Å². The molecule has 0 N–H and O–H groups in total. The van der Waals surface area contributed by atoms with Gasteiger partial charge >= 0.3 is 0 Å². The molecule has 2 aromatic rings. The SMILES string of the molecule is CCN(CC(=O)N1CCn2cccc2[C@@H]1c1ccccc1F)C(=O)C1CC1. The van der Waals surface area contributed by atoms with Gasteiger partial charge in [-0.25, -0.2) is 4.39 Å². The molecule has 0 radical (unpaired) electrons. The molecule has 5 nitrogen and oxygen atoms in total. The van der Waals surface area contributed by atoms with Crippen molar-refractivity contribution in [3.05, 3.63) is 59.7 Å². The van der Waals surface area contributed by atoms with Gasteiger partial charge < -0.3 is 14.4 Å². The number of carbonyl (C=O) groups excluding carboxylic acids is 2. The predicted molar refractivity (Wildman–Crippen MR) is 99.4 cm³/mol. The number of carbonyl (C=O) groups is 2. The first-order valence-electron chi connectivity index (χ1n) is 9.58. The second kappa shape index (κ2) is 7.18. The molecule has 142 valence electrons. The van der Waals surface area contributed by atoms with Gasteiger partial charge in [0.25, 0.3) is 0 Å². The van der Waals surface area contributed by atoms with Gasteiger partial charge in [-0.05, 0) is 38.0 Å². The Kier molecular flexibility index (Phi) is 4.72. The summed E-state index contributed by atoms with van der Waals surface area (Å²) in [5.41, 5.74) is 1.39. The Balaban J connectivity index is 1.63. The Morgan fingerprint density at radius 2 is 1.93 bits per heavy atom. The maximum atomic E-state index is 14.6. The van der Waals surface area contributed by atoms with Gasteiger partial charge in [0.2, 0.25) is 11.8 Å². The molecule has 0 unspecified atom stereocenters. The van der Waals surface area contributed by atoms with E-state index in [1.807, 2.05) is 25.3 Å². The molecule has 2 amide bonds. The molecule has 1 aromatic carbocycles. The first-order valence-corrected chi connectivity index (χ1v) is 9.58. The molecule has 1 saturated carbocycles. The quantitative estimate of drug-likeness (QED) is 0.814. The van der Waals surface area contributed by atoms with Gasteiger partial charge in [0, 0.05) is 43.0 Å². The van der Waals surface area contributed by atoms with Crippen LogP contribution in [0.4, 0.5) is 4.39 Å². The molecule has 1 aliphatic carbocycles. The van der Waals surface area contributed by atoms with E-state index in [9.17, 15) is 14.0 Å². The van der Waals surface area contributed by atoms with E-state index in [1.165, 1.54) is 6.07 Å². The normalized spacial score (nSPS) is 18.9. The lowest BCUT2D eigenvalue weighted by Gasteiger charge is -2.38. The lowest BCUT2D eigenvalue weighted by atomic mass is 9.99. The van der Waals surface area contributed by atoms with Crippen LogP contribution in [0.2, 0.25) is 0 Å². The third kappa shape index (κ3) is 3.36. The Bertz CT molecular complexity index is 859. The van der Waals surface area contributed by atoms with Crippen molar-refractivity contribution in [2.24, 2.45) is 5.92 Å². The van der Waals surface area contributed by atoms with Crippen molar-refractivity contribution >= 4 is 11.8 Å². The summed E-state index contributed by atoms with van der Waals surface area (Å²) in [4.78, 5) is 28.9. The number of fused-ring (bicyclic) bond motifs is 1. The molecule has 1 aromatic heterocycles. The fraction of sp³-hybridized carbons (Fsp3) is 0.429. The number of aromatic nitrogens is 1. The van der Waals surface area contributed by atoms with Crippen LogP contribution in [0.25, 0.3) is 0 Å². The molecular formula is C21H24FN3O2. The number of halogens is 1. The van der Waals surface area contributed by atoms with Crippen LogP contribution in [0.15, 0.2) is 42.6 Å². The maximum absolute atomic E-state index is 14.6. The highest BCUT2D eigenvalue weighted by Crippen LogP contribution is 2.34. The van der Waals surface area contributed by atoms with Crippen LogP contribution < -0.4 is 0 Å². The smallest absolute Gasteiger partial charge is 0.243 e. The molecule has 6 heteroatoms. The summed E-state index contributed by atoms with van der Waals surface area (Å²) in [6.07, 6.45) is 3.79.